The highest BCUT2D eigenvalue weighted by Crippen LogP contribution is 2.23. The zero-order chi connectivity index (χ0) is 13.3. The van der Waals surface area contributed by atoms with Gasteiger partial charge in [-0.05, 0) is 18.2 Å². The number of methoxy groups -OCH3 is 2. The predicted molar refractivity (Wildman–Crippen MR) is 59.6 cm³/mol. The van der Waals surface area contributed by atoms with E-state index in [0.717, 1.165) is 17.0 Å². The van der Waals surface area contributed by atoms with Gasteiger partial charge in [-0.25, -0.2) is 4.39 Å². The minimum atomic E-state index is -0.697. The molecule has 0 aromatic heterocycles. The van der Waals surface area contributed by atoms with Crippen LogP contribution in [0.2, 0.25) is 0 Å². The van der Waals surface area contributed by atoms with Gasteiger partial charge in [-0.1, -0.05) is 0 Å². The van der Waals surface area contributed by atoms with Crippen LogP contribution in [0.3, 0.4) is 0 Å². The summed E-state index contributed by atoms with van der Waals surface area (Å²) in [4.78, 5) is 24.9. The summed E-state index contributed by atoms with van der Waals surface area (Å²) in [6.07, 6.45) is -0.697. The van der Waals surface area contributed by atoms with Crippen molar-refractivity contribution in [3.63, 3.8) is 0 Å². The van der Waals surface area contributed by atoms with Crippen LogP contribution in [0.4, 0.5) is 4.39 Å². The average molecular weight is 253 g/mol. The number of amides is 2. The van der Waals surface area contributed by atoms with Crippen molar-refractivity contribution in [3.8, 4) is 0 Å². The quantitative estimate of drug-likeness (QED) is 0.594. The van der Waals surface area contributed by atoms with Crippen molar-refractivity contribution in [2.24, 2.45) is 0 Å². The topological polar surface area (TPSA) is 55.8 Å². The van der Waals surface area contributed by atoms with Crippen molar-refractivity contribution in [3.05, 3.63) is 35.1 Å². The van der Waals surface area contributed by atoms with Crippen molar-refractivity contribution in [2.45, 2.75) is 6.29 Å². The highest BCUT2D eigenvalue weighted by molar-refractivity contribution is 6.21. The maximum atomic E-state index is 13.1. The second kappa shape index (κ2) is 4.83. The number of imide groups is 1. The number of carbonyl (C=O) groups is 2. The summed E-state index contributed by atoms with van der Waals surface area (Å²) in [7, 11) is 2.82. The molecule has 6 heteroatoms. The standard InChI is InChI=1S/C12H12FNO4/c1-17-10(18-2)6-14-11(15)8-4-3-7(13)5-9(8)12(14)16/h3-5,10H,6H2,1-2H3. The molecule has 0 saturated carbocycles. The summed E-state index contributed by atoms with van der Waals surface area (Å²) in [6, 6.07) is 3.52. The third-order valence-corrected chi connectivity index (χ3v) is 2.79. The highest BCUT2D eigenvalue weighted by Gasteiger charge is 2.37. The van der Waals surface area contributed by atoms with Crippen LogP contribution in [0, 0.1) is 5.82 Å². The number of fused-ring (bicyclic) bond motifs is 1. The second-order valence-corrected chi connectivity index (χ2v) is 3.81. The minimum absolute atomic E-state index is 0.0268. The highest BCUT2D eigenvalue weighted by atomic mass is 19.1. The van der Waals surface area contributed by atoms with E-state index in [1.165, 1.54) is 20.3 Å². The van der Waals surface area contributed by atoms with Gasteiger partial charge in [0.05, 0.1) is 17.7 Å². The lowest BCUT2D eigenvalue weighted by molar-refractivity contribution is -0.108. The zero-order valence-electron chi connectivity index (χ0n) is 9.97. The van der Waals surface area contributed by atoms with Gasteiger partial charge in [0.2, 0.25) is 0 Å². The zero-order valence-corrected chi connectivity index (χ0v) is 9.97. The van der Waals surface area contributed by atoms with Gasteiger partial charge in [-0.15, -0.1) is 0 Å². The number of rotatable bonds is 4. The van der Waals surface area contributed by atoms with E-state index in [2.05, 4.69) is 0 Å². The normalized spacial score (nSPS) is 14.6. The van der Waals surface area contributed by atoms with Crippen LogP contribution in [0.1, 0.15) is 20.7 Å². The number of hydrogen-bond donors (Lipinski definition) is 0. The van der Waals surface area contributed by atoms with Crippen LogP contribution < -0.4 is 0 Å². The van der Waals surface area contributed by atoms with E-state index in [9.17, 15) is 14.0 Å². The molecule has 1 aromatic carbocycles. The Morgan fingerprint density at radius 1 is 1.17 bits per heavy atom. The molecule has 1 aliphatic rings. The first-order valence-corrected chi connectivity index (χ1v) is 5.29. The van der Waals surface area contributed by atoms with E-state index in [0.29, 0.717) is 0 Å². The lowest BCUT2D eigenvalue weighted by Gasteiger charge is -2.19. The van der Waals surface area contributed by atoms with Crippen molar-refractivity contribution in [1.29, 1.82) is 0 Å². The molecule has 0 fully saturated rings. The molecule has 0 spiro atoms. The van der Waals surface area contributed by atoms with Crippen LogP contribution >= 0.6 is 0 Å². The first-order valence-electron chi connectivity index (χ1n) is 5.29. The first kappa shape index (κ1) is 12.7. The smallest absolute Gasteiger partial charge is 0.261 e. The molecule has 0 saturated heterocycles. The average Bonchev–Trinajstić information content (AvgIpc) is 2.60. The second-order valence-electron chi connectivity index (χ2n) is 3.81. The fraction of sp³-hybridized carbons (Fsp3) is 0.333. The Morgan fingerprint density at radius 2 is 1.78 bits per heavy atom. The Hall–Kier alpha value is -1.79. The van der Waals surface area contributed by atoms with E-state index < -0.39 is 23.9 Å². The van der Waals surface area contributed by atoms with Crippen LogP contribution in [-0.4, -0.2) is 43.8 Å². The maximum absolute atomic E-state index is 13.1. The molecule has 5 nitrogen and oxygen atoms in total. The molecule has 0 unspecified atom stereocenters. The summed E-state index contributed by atoms with van der Waals surface area (Å²) in [5.74, 6) is -1.55. The van der Waals surface area contributed by atoms with Crippen molar-refractivity contribution < 1.29 is 23.5 Å². The molecule has 2 rings (SSSR count). The first-order chi connectivity index (χ1) is 8.58. The molecule has 0 N–H and O–H groups in total. The minimum Gasteiger partial charge on any atom is -0.354 e. The molecular weight excluding hydrogens is 241 g/mol. The number of nitrogens with zero attached hydrogens (tertiary/aromatic N) is 1. The van der Waals surface area contributed by atoms with E-state index in [1.807, 2.05) is 0 Å². The Morgan fingerprint density at radius 3 is 2.39 bits per heavy atom. The number of hydrogen-bond acceptors (Lipinski definition) is 4. The summed E-state index contributed by atoms with van der Waals surface area (Å²) in [6.45, 7) is -0.0268. The lowest BCUT2D eigenvalue weighted by atomic mass is 10.1. The summed E-state index contributed by atoms with van der Waals surface area (Å²) in [5, 5.41) is 0. The van der Waals surface area contributed by atoms with Gasteiger partial charge < -0.3 is 9.47 Å². The number of benzene rings is 1. The van der Waals surface area contributed by atoms with E-state index in [-0.39, 0.29) is 17.7 Å². The maximum Gasteiger partial charge on any atom is 0.261 e. The van der Waals surface area contributed by atoms with Gasteiger partial charge in [-0.2, -0.15) is 0 Å². The molecule has 1 aliphatic heterocycles. The molecule has 1 heterocycles. The van der Waals surface area contributed by atoms with Gasteiger partial charge in [0.15, 0.2) is 6.29 Å². The monoisotopic (exact) mass is 253 g/mol. The van der Waals surface area contributed by atoms with E-state index in [1.54, 1.807) is 0 Å². The molecule has 2 amide bonds. The Balaban J connectivity index is 2.28. The van der Waals surface area contributed by atoms with Gasteiger partial charge in [0.1, 0.15) is 5.82 Å². The van der Waals surface area contributed by atoms with Crippen LogP contribution in [0.15, 0.2) is 18.2 Å². The predicted octanol–water partition coefficient (Wildman–Crippen LogP) is 1.04. The molecule has 1 aromatic rings. The van der Waals surface area contributed by atoms with Gasteiger partial charge in [0, 0.05) is 14.2 Å². The Labute approximate surface area is 103 Å². The summed E-state index contributed by atoms with van der Waals surface area (Å²) < 4.78 is 22.9. The fourth-order valence-corrected chi connectivity index (χ4v) is 1.82. The molecular formula is C12H12FNO4. The van der Waals surface area contributed by atoms with Gasteiger partial charge in [0.25, 0.3) is 11.8 Å². The summed E-state index contributed by atoms with van der Waals surface area (Å²) >= 11 is 0. The van der Waals surface area contributed by atoms with Crippen LogP contribution in [0.5, 0.6) is 0 Å². The number of carbonyl (C=O) groups excluding carboxylic acids is 2. The largest absolute Gasteiger partial charge is 0.354 e. The fourth-order valence-electron chi connectivity index (χ4n) is 1.82. The molecule has 0 radical (unpaired) electrons. The van der Waals surface area contributed by atoms with Crippen LogP contribution in [-0.2, 0) is 9.47 Å². The van der Waals surface area contributed by atoms with E-state index in [4.69, 9.17) is 9.47 Å². The molecule has 96 valence electrons. The lowest BCUT2D eigenvalue weighted by Crippen LogP contribution is -2.38. The van der Waals surface area contributed by atoms with Crippen molar-refractivity contribution >= 4 is 11.8 Å². The van der Waals surface area contributed by atoms with Crippen LogP contribution in [0.25, 0.3) is 0 Å². The third-order valence-electron chi connectivity index (χ3n) is 2.79. The third kappa shape index (κ3) is 2.00. The van der Waals surface area contributed by atoms with Gasteiger partial charge >= 0.3 is 0 Å². The molecule has 0 bridgehead atoms. The van der Waals surface area contributed by atoms with E-state index >= 15 is 0 Å². The number of ether oxygens (including phenoxy) is 2. The van der Waals surface area contributed by atoms with Gasteiger partial charge in [-0.3, -0.25) is 14.5 Å². The molecule has 0 aliphatic carbocycles. The Bertz CT molecular complexity index is 499. The van der Waals surface area contributed by atoms with Crippen molar-refractivity contribution in [2.75, 3.05) is 20.8 Å². The SMILES string of the molecule is COC(CN1C(=O)c2ccc(F)cc2C1=O)OC. The summed E-state index contributed by atoms with van der Waals surface area (Å²) in [5.41, 5.74) is 0.276. The Kier molecular flexibility index (Phi) is 3.40. The number of halogens is 1. The molecule has 18 heavy (non-hydrogen) atoms. The van der Waals surface area contributed by atoms with Crippen molar-refractivity contribution in [1.82, 2.24) is 4.90 Å². The molecule has 0 atom stereocenters.